The van der Waals surface area contributed by atoms with Gasteiger partial charge in [-0.25, -0.2) is 17.5 Å². The molecule has 1 heterocycles. The first-order valence-corrected chi connectivity index (χ1v) is 12.2. The van der Waals surface area contributed by atoms with Crippen molar-refractivity contribution in [2.24, 2.45) is 5.92 Å². The van der Waals surface area contributed by atoms with Gasteiger partial charge in [-0.2, -0.15) is 0 Å². The van der Waals surface area contributed by atoms with Crippen LogP contribution in [0.5, 0.6) is 0 Å². The van der Waals surface area contributed by atoms with Crippen LogP contribution in [0.1, 0.15) is 31.7 Å². The van der Waals surface area contributed by atoms with E-state index >= 15 is 0 Å². The average Bonchev–Trinajstić information content (AvgIpc) is 3.52. The van der Waals surface area contributed by atoms with Crippen LogP contribution in [0, 0.1) is 11.7 Å². The van der Waals surface area contributed by atoms with E-state index < -0.39 is 21.7 Å². The van der Waals surface area contributed by atoms with Crippen LogP contribution in [0.15, 0.2) is 41.3 Å². The first-order chi connectivity index (χ1) is 15.2. The fourth-order valence-electron chi connectivity index (χ4n) is 3.82. The van der Waals surface area contributed by atoms with Gasteiger partial charge >= 0.3 is 0 Å². The first-order valence-electron chi connectivity index (χ1n) is 10.4. The van der Waals surface area contributed by atoms with E-state index in [0.29, 0.717) is 12.1 Å². The zero-order chi connectivity index (χ0) is 23.0. The van der Waals surface area contributed by atoms with Crippen molar-refractivity contribution in [1.29, 1.82) is 0 Å². The Morgan fingerprint density at radius 3 is 2.62 bits per heavy atom. The monoisotopic (exact) mass is 479 g/mol. The van der Waals surface area contributed by atoms with E-state index in [2.05, 4.69) is 10.0 Å². The highest BCUT2D eigenvalue weighted by Crippen LogP contribution is 2.39. The van der Waals surface area contributed by atoms with Gasteiger partial charge in [-0.3, -0.25) is 9.59 Å². The van der Waals surface area contributed by atoms with E-state index in [-0.39, 0.29) is 40.8 Å². The lowest BCUT2D eigenvalue weighted by Gasteiger charge is -2.22. The van der Waals surface area contributed by atoms with Crippen molar-refractivity contribution in [3.05, 3.63) is 52.8 Å². The molecule has 1 aliphatic carbocycles. The van der Waals surface area contributed by atoms with Crippen LogP contribution >= 0.6 is 11.6 Å². The molecule has 7 nitrogen and oxygen atoms in total. The van der Waals surface area contributed by atoms with Gasteiger partial charge < -0.3 is 10.2 Å². The minimum atomic E-state index is -3.83. The largest absolute Gasteiger partial charge is 0.326 e. The van der Waals surface area contributed by atoms with Crippen LogP contribution in [0.3, 0.4) is 0 Å². The number of benzene rings is 2. The molecule has 0 bridgehead atoms. The number of halogens is 2. The SMILES string of the molecule is C[C@@H]1Cc2cc(S(=O)(=O)NCCC(=O)Nc3ccc(F)c(Cl)c3)ccc2N1C(=O)C1CC1. The predicted octanol–water partition coefficient (Wildman–Crippen LogP) is 3.47. The summed E-state index contributed by atoms with van der Waals surface area (Å²) in [6, 6.07) is 8.52. The van der Waals surface area contributed by atoms with Crippen LogP contribution < -0.4 is 14.9 Å². The number of nitrogens with zero attached hydrogens (tertiary/aromatic N) is 1. The van der Waals surface area contributed by atoms with Crippen molar-refractivity contribution < 1.29 is 22.4 Å². The van der Waals surface area contributed by atoms with Crippen molar-refractivity contribution in [2.75, 3.05) is 16.8 Å². The third-order valence-electron chi connectivity index (χ3n) is 5.59. The highest BCUT2D eigenvalue weighted by atomic mass is 35.5. The Labute approximate surface area is 191 Å². The van der Waals surface area contributed by atoms with E-state index in [1.54, 1.807) is 17.0 Å². The van der Waals surface area contributed by atoms with Crippen molar-refractivity contribution in [1.82, 2.24) is 4.72 Å². The van der Waals surface area contributed by atoms with Crippen LogP contribution in [0.4, 0.5) is 15.8 Å². The molecule has 2 aromatic carbocycles. The Morgan fingerprint density at radius 1 is 1.19 bits per heavy atom. The number of amides is 2. The van der Waals surface area contributed by atoms with Crippen molar-refractivity contribution >= 4 is 44.8 Å². The second-order valence-electron chi connectivity index (χ2n) is 8.15. The number of carbonyl (C=O) groups is 2. The van der Waals surface area contributed by atoms with Crippen LogP contribution in [0.2, 0.25) is 5.02 Å². The molecule has 10 heteroatoms. The summed E-state index contributed by atoms with van der Waals surface area (Å²) in [5.74, 6) is -0.836. The normalized spacial score (nSPS) is 17.8. The Kier molecular flexibility index (Phi) is 6.24. The van der Waals surface area contributed by atoms with Crippen LogP contribution in [-0.2, 0) is 26.0 Å². The number of sulfonamides is 1. The molecule has 0 aromatic heterocycles. The highest BCUT2D eigenvalue weighted by Gasteiger charge is 2.39. The summed E-state index contributed by atoms with van der Waals surface area (Å²) in [7, 11) is -3.83. The van der Waals surface area contributed by atoms with E-state index in [1.807, 2.05) is 6.92 Å². The van der Waals surface area contributed by atoms with Crippen molar-refractivity contribution in [3.8, 4) is 0 Å². The van der Waals surface area contributed by atoms with Gasteiger partial charge in [-0.15, -0.1) is 0 Å². The predicted molar refractivity (Wildman–Crippen MR) is 120 cm³/mol. The molecule has 2 amide bonds. The quantitative estimate of drug-likeness (QED) is 0.635. The summed E-state index contributed by atoms with van der Waals surface area (Å²) in [5, 5.41) is 2.42. The molecule has 0 spiro atoms. The second kappa shape index (κ2) is 8.80. The fourth-order valence-corrected chi connectivity index (χ4v) is 5.08. The minimum Gasteiger partial charge on any atom is -0.326 e. The number of hydrogen-bond donors (Lipinski definition) is 2. The van der Waals surface area contributed by atoms with Gasteiger partial charge in [-0.05, 0) is 68.1 Å². The molecule has 1 saturated carbocycles. The number of hydrogen-bond acceptors (Lipinski definition) is 4. The molecule has 2 N–H and O–H groups in total. The number of fused-ring (bicyclic) bond motifs is 1. The molecule has 0 saturated heterocycles. The fraction of sp³-hybridized carbons (Fsp3) is 0.364. The second-order valence-corrected chi connectivity index (χ2v) is 10.3. The molecule has 32 heavy (non-hydrogen) atoms. The number of nitrogens with one attached hydrogen (secondary N) is 2. The third kappa shape index (κ3) is 4.79. The highest BCUT2D eigenvalue weighted by molar-refractivity contribution is 7.89. The summed E-state index contributed by atoms with van der Waals surface area (Å²) in [4.78, 5) is 26.5. The molecular formula is C22H23ClFN3O4S. The van der Waals surface area contributed by atoms with E-state index in [4.69, 9.17) is 11.6 Å². The van der Waals surface area contributed by atoms with Gasteiger partial charge in [0.25, 0.3) is 0 Å². The summed E-state index contributed by atoms with van der Waals surface area (Å²) in [6.45, 7) is 1.85. The van der Waals surface area contributed by atoms with E-state index in [9.17, 15) is 22.4 Å². The maximum absolute atomic E-state index is 13.2. The molecule has 170 valence electrons. The van der Waals surface area contributed by atoms with Crippen molar-refractivity contribution in [2.45, 2.75) is 43.5 Å². The molecule has 0 radical (unpaired) electrons. The first kappa shape index (κ1) is 22.7. The Morgan fingerprint density at radius 2 is 1.94 bits per heavy atom. The Hall–Kier alpha value is -2.49. The molecule has 1 fully saturated rings. The molecule has 1 atom stereocenters. The lowest BCUT2D eigenvalue weighted by Crippen LogP contribution is -2.36. The minimum absolute atomic E-state index is 0.00678. The maximum atomic E-state index is 13.2. The molecule has 0 unspecified atom stereocenters. The topological polar surface area (TPSA) is 95.6 Å². The van der Waals surface area contributed by atoms with Crippen LogP contribution in [-0.4, -0.2) is 32.8 Å². The standard InChI is InChI=1S/C22H23ClFN3O4S/c1-13-10-15-11-17(5-7-20(15)27(13)22(29)14-2-3-14)32(30,31)25-9-8-21(28)26-16-4-6-19(24)18(23)12-16/h4-7,11-14,25H,2-3,8-10H2,1H3,(H,26,28)/t13-/m1/s1. The summed E-state index contributed by atoms with van der Waals surface area (Å²) >= 11 is 5.68. The Balaban J connectivity index is 1.36. The molecular weight excluding hydrogens is 457 g/mol. The summed E-state index contributed by atoms with van der Waals surface area (Å²) < 4.78 is 41.0. The zero-order valence-electron chi connectivity index (χ0n) is 17.4. The van der Waals surface area contributed by atoms with Gasteiger partial charge in [-0.1, -0.05) is 11.6 Å². The molecule has 2 aromatic rings. The van der Waals surface area contributed by atoms with Gasteiger partial charge in [0.05, 0.1) is 9.92 Å². The van der Waals surface area contributed by atoms with Gasteiger partial charge in [0, 0.05) is 36.3 Å². The summed E-state index contributed by atoms with van der Waals surface area (Å²) in [6.07, 6.45) is 2.31. The molecule has 2 aliphatic rings. The van der Waals surface area contributed by atoms with Gasteiger partial charge in [0.2, 0.25) is 21.8 Å². The summed E-state index contributed by atoms with van der Waals surface area (Å²) in [5.41, 5.74) is 1.91. The Bertz CT molecular complexity index is 1180. The number of rotatable bonds is 7. The lowest BCUT2D eigenvalue weighted by molar-refractivity contribution is -0.120. The maximum Gasteiger partial charge on any atom is 0.240 e. The van der Waals surface area contributed by atoms with Gasteiger partial charge in [0.1, 0.15) is 5.82 Å². The average molecular weight is 480 g/mol. The van der Waals surface area contributed by atoms with E-state index in [0.717, 1.165) is 30.2 Å². The zero-order valence-corrected chi connectivity index (χ0v) is 19.0. The molecule has 1 aliphatic heterocycles. The lowest BCUT2D eigenvalue weighted by atomic mass is 10.1. The van der Waals surface area contributed by atoms with Crippen LogP contribution in [0.25, 0.3) is 0 Å². The third-order valence-corrected chi connectivity index (χ3v) is 7.34. The molecule has 4 rings (SSSR count). The number of carbonyl (C=O) groups excluding carboxylic acids is 2. The van der Waals surface area contributed by atoms with Gasteiger partial charge in [0.15, 0.2) is 0 Å². The smallest absolute Gasteiger partial charge is 0.240 e. The van der Waals surface area contributed by atoms with E-state index in [1.165, 1.54) is 18.2 Å². The van der Waals surface area contributed by atoms with Crippen molar-refractivity contribution in [3.63, 3.8) is 0 Å². The number of anilines is 2.